The van der Waals surface area contributed by atoms with Crippen molar-refractivity contribution >= 4 is 16.7 Å². The van der Waals surface area contributed by atoms with Gasteiger partial charge in [0.25, 0.3) is 0 Å². The molecule has 3 rings (SSSR count). The number of hydrogen-bond donors (Lipinski definition) is 0. The van der Waals surface area contributed by atoms with Gasteiger partial charge in [-0.05, 0) is 29.7 Å². The highest BCUT2D eigenvalue weighted by atomic mass is 16.5. The Morgan fingerprint density at radius 1 is 1.00 bits per heavy atom. The van der Waals surface area contributed by atoms with Crippen LogP contribution in [-0.4, -0.2) is 30.2 Å². The SMILES string of the molecule is CC(C)c1ccccc1OCCN(C)c1ncnc2ccccc12. The zero-order chi connectivity index (χ0) is 16.9. The van der Waals surface area contributed by atoms with Gasteiger partial charge in [0.15, 0.2) is 0 Å². The van der Waals surface area contributed by atoms with E-state index in [-0.39, 0.29) is 0 Å². The lowest BCUT2D eigenvalue weighted by Crippen LogP contribution is -2.25. The van der Waals surface area contributed by atoms with Crippen molar-refractivity contribution in [1.29, 1.82) is 0 Å². The lowest BCUT2D eigenvalue weighted by molar-refractivity contribution is 0.321. The van der Waals surface area contributed by atoms with E-state index in [1.54, 1.807) is 6.33 Å². The normalized spacial score (nSPS) is 11.0. The van der Waals surface area contributed by atoms with Gasteiger partial charge in [0, 0.05) is 12.4 Å². The summed E-state index contributed by atoms with van der Waals surface area (Å²) in [5, 5.41) is 1.06. The Morgan fingerprint density at radius 3 is 2.58 bits per heavy atom. The molecule has 0 bridgehead atoms. The van der Waals surface area contributed by atoms with Gasteiger partial charge in [-0.25, -0.2) is 9.97 Å². The van der Waals surface area contributed by atoms with Crippen molar-refractivity contribution in [1.82, 2.24) is 9.97 Å². The van der Waals surface area contributed by atoms with Gasteiger partial charge < -0.3 is 9.64 Å². The summed E-state index contributed by atoms with van der Waals surface area (Å²) in [6.07, 6.45) is 1.61. The first-order valence-electron chi connectivity index (χ1n) is 8.29. The predicted molar refractivity (Wildman–Crippen MR) is 98.8 cm³/mol. The zero-order valence-electron chi connectivity index (χ0n) is 14.4. The number of anilines is 1. The summed E-state index contributed by atoms with van der Waals surface area (Å²) in [5.41, 5.74) is 2.20. The van der Waals surface area contributed by atoms with Crippen LogP contribution in [0, 0.1) is 0 Å². The van der Waals surface area contributed by atoms with E-state index in [1.165, 1.54) is 5.56 Å². The standard InChI is InChI=1S/C20H23N3O/c1-15(2)16-8-5-7-11-19(16)24-13-12-23(3)20-17-9-4-6-10-18(17)21-14-22-20/h4-11,14-15H,12-13H2,1-3H3. The smallest absolute Gasteiger partial charge is 0.139 e. The molecule has 24 heavy (non-hydrogen) atoms. The highest BCUT2D eigenvalue weighted by Crippen LogP contribution is 2.26. The van der Waals surface area contributed by atoms with Crippen molar-refractivity contribution in [2.75, 3.05) is 25.1 Å². The lowest BCUT2D eigenvalue weighted by Gasteiger charge is -2.20. The molecule has 0 amide bonds. The number of fused-ring (bicyclic) bond motifs is 1. The summed E-state index contributed by atoms with van der Waals surface area (Å²) >= 11 is 0. The van der Waals surface area contributed by atoms with Gasteiger partial charge in [0.1, 0.15) is 24.5 Å². The highest BCUT2D eigenvalue weighted by Gasteiger charge is 2.10. The maximum atomic E-state index is 6.02. The number of nitrogens with zero attached hydrogens (tertiary/aromatic N) is 3. The minimum Gasteiger partial charge on any atom is -0.491 e. The summed E-state index contributed by atoms with van der Waals surface area (Å²) in [4.78, 5) is 10.9. The van der Waals surface area contributed by atoms with Gasteiger partial charge in [0.2, 0.25) is 0 Å². The first kappa shape index (κ1) is 16.2. The van der Waals surface area contributed by atoms with E-state index in [9.17, 15) is 0 Å². The van der Waals surface area contributed by atoms with E-state index in [2.05, 4.69) is 46.9 Å². The van der Waals surface area contributed by atoms with Crippen LogP contribution in [0.3, 0.4) is 0 Å². The average molecular weight is 321 g/mol. The number of benzene rings is 2. The van der Waals surface area contributed by atoms with Gasteiger partial charge in [-0.1, -0.05) is 44.2 Å². The zero-order valence-corrected chi connectivity index (χ0v) is 14.4. The molecule has 0 fully saturated rings. The number of para-hydroxylation sites is 2. The van der Waals surface area contributed by atoms with E-state index < -0.39 is 0 Å². The molecular formula is C20H23N3O. The summed E-state index contributed by atoms with van der Waals surface area (Å²) in [7, 11) is 2.03. The summed E-state index contributed by atoms with van der Waals surface area (Å²) in [6.45, 7) is 5.73. The Labute approximate surface area is 143 Å². The van der Waals surface area contributed by atoms with Crippen LogP contribution in [0.5, 0.6) is 5.75 Å². The Hall–Kier alpha value is -2.62. The molecule has 3 aromatic rings. The fraction of sp³-hybridized carbons (Fsp3) is 0.300. The lowest BCUT2D eigenvalue weighted by atomic mass is 10.0. The monoisotopic (exact) mass is 321 g/mol. The van der Waals surface area contributed by atoms with Crippen LogP contribution in [0.25, 0.3) is 10.9 Å². The molecule has 0 atom stereocenters. The molecule has 0 spiro atoms. The van der Waals surface area contributed by atoms with E-state index >= 15 is 0 Å². The predicted octanol–water partition coefficient (Wildman–Crippen LogP) is 4.27. The van der Waals surface area contributed by atoms with Crippen LogP contribution in [0.1, 0.15) is 25.3 Å². The van der Waals surface area contributed by atoms with E-state index in [0.717, 1.165) is 29.0 Å². The van der Waals surface area contributed by atoms with Crippen LogP contribution in [0.15, 0.2) is 54.9 Å². The summed E-state index contributed by atoms with van der Waals surface area (Å²) in [5.74, 6) is 2.35. The third-order valence-electron chi connectivity index (χ3n) is 4.11. The van der Waals surface area contributed by atoms with Gasteiger partial charge in [-0.3, -0.25) is 0 Å². The van der Waals surface area contributed by atoms with Crippen molar-refractivity contribution < 1.29 is 4.74 Å². The van der Waals surface area contributed by atoms with Crippen molar-refractivity contribution in [3.05, 3.63) is 60.4 Å². The van der Waals surface area contributed by atoms with Crippen LogP contribution >= 0.6 is 0 Å². The van der Waals surface area contributed by atoms with Crippen LogP contribution in [0.2, 0.25) is 0 Å². The summed E-state index contributed by atoms with van der Waals surface area (Å²) < 4.78 is 6.02. The van der Waals surface area contributed by atoms with E-state index in [4.69, 9.17) is 4.74 Å². The van der Waals surface area contributed by atoms with Crippen molar-refractivity contribution in [2.45, 2.75) is 19.8 Å². The third kappa shape index (κ3) is 3.48. The highest BCUT2D eigenvalue weighted by molar-refractivity contribution is 5.89. The molecule has 0 saturated carbocycles. The summed E-state index contributed by atoms with van der Waals surface area (Å²) in [6, 6.07) is 16.3. The molecule has 0 unspecified atom stereocenters. The number of ether oxygens (including phenoxy) is 1. The molecule has 0 saturated heterocycles. The molecule has 1 aromatic heterocycles. The average Bonchev–Trinajstić information content (AvgIpc) is 2.61. The number of likely N-dealkylation sites (N-methyl/N-ethyl adjacent to an activating group) is 1. The van der Waals surface area contributed by atoms with Gasteiger partial charge in [-0.15, -0.1) is 0 Å². The maximum absolute atomic E-state index is 6.02. The molecule has 2 aromatic carbocycles. The topological polar surface area (TPSA) is 38.2 Å². The van der Waals surface area contributed by atoms with E-state index in [0.29, 0.717) is 12.5 Å². The molecule has 0 radical (unpaired) electrons. The third-order valence-corrected chi connectivity index (χ3v) is 4.11. The molecule has 1 heterocycles. The number of hydrogen-bond acceptors (Lipinski definition) is 4. The second-order valence-corrected chi connectivity index (χ2v) is 6.18. The Kier molecular flexibility index (Phi) is 4.94. The first-order chi connectivity index (χ1) is 11.7. The fourth-order valence-corrected chi connectivity index (χ4v) is 2.78. The number of aromatic nitrogens is 2. The maximum Gasteiger partial charge on any atom is 0.139 e. The molecule has 0 aliphatic rings. The van der Waals surface area contributed by atoms with Gasteiger partial charge >= 0.3 is 0 Å². The van der Waals surface area contributed by atoms with Crippen molar-refractivity contribution in [3.63, 3.8) is 0 Å². The minimum absolute atomic E-state index is 0.449. The molecule has 0 aliphatic heterocycles. The first-order valence-corrected chi connectivity index (χ1v) is 8.29. The molecule has 0 aliphatic carbocycles. The Balaban J connectivity index is 1.69. The van der Waals surface area contributed by atoms with Crippen molar-refractivity contribution in [2.24, 2.45) is 0 Å². The Bertz CT molecular complexity index is 811. The second kappa shape index (κ2) is 7.30. The molecule has 0 N–H and O–H groups in total. The fourth-order valence-electron chi connectivity index (χ4n) is 2.78. The quantitative estimate of drug-likeness (QED) is 0.679. The largest absolute Gasteiger partial charge is 0.491 e. The minimum atomic E-state index is 0.449. The Morgan fingerprint density at radius 2 is 1.75 bits per heavy atom. The molecule has 124 valence electrons. The van der Waals surface area contributed by atoms with Gasteiger partial charge in [0.05, 0.1) is 12.1 Å². The van der Waals surface area contributed by atoms with Crippen molar-refractivity contribution in [3.8, 4) is 5.75 Å². The molecule has 4 heteroatoms. The second-order valence-electron chi connectivity index (χ2n) is 6.18. The number of rotatable bonds is 6. The van der Waals surface area contributed by atoms with Crippen LogP contribution in [-0.2, 0) is 0 Å². The molecule has 4 nitrogen and oxygen atoms in total. The van der Waals surface area contributed by atoms with Crippen LogP contribution < -0.4 is 9.64 Å². The van der Waals surface area contributed by atoms with Gasteiger partial charge in [-0.2, -0.15) is 0 Å². The van der Waals surface area contributed by atoms with E-state index in [1.807, 2.05) is 37.4 Å². The molecular weight excluding hydrogens is 298 g/mol. The van der Waals surface area contributed by atoms with Crippen LogP contribution in [0.4, 0.5) is 5.82 Å².